The van der Waals surface area contributed by atoms with Crippen LogP contribution < -0.4 is 11.1 Å². The normalized spacial score (nSPS) is 20.6. The van der Waals surface area contributed by atoms with Gasteiger partial charge in [0.2, 0.25) is 5.91 Å². The molecule has 1 aliphatic heterocycles. The number of piperidine rings is 1. The van der Waals surface area contributed by atoms with E-state index in [4.69, 9.17) is 5.73 Å². The molecule has 2 rings (SSSR count). The number of amides is 1. The van der Waals surface area contributed by atoms with Gasteiger partial charge in [-0.2, -0.15) is 0 Å². The molecule has 0 aromatic carbocycles. The van der Waals surface area contributed by atoms with Crippen molar-refractivity contribution < 1.29 is 4.79 Å². The first kappa shape index (κ1) is 12.8. The quantitative estimate of drug-likeness (QED) is 0.795. The maximum atomic E-state index is 11.0. The Labute approximate surface area is 107 Å². The average Bonchev–Trinajstić information content (AvgIpc) is 2.38. The largest absolute Gasteiger partial charge is 0.372 e. The first-order valence-electron chi connectivity index (χ1n) is 6.19. The Morgan fingerprint density at radius 2 is 2.44 bits per heavy atom. The predicted molar refractivity (Wildman–Crippen MR) is 69.2 cm³/mol. The van der Waals surface area contributed by atoms with E-state index < -0.39 is 0 Å². The fourth-order valence-corrected chi connectivity index (χ4v) is 2.36. The number of aromatic nitrogens is 2. The summed E-state index contributed by atoms with van der Waals surface area (Å²) in [4.78, 5) is 21.7. The van der Waals surface area contributed by atoms with E-state index in [0.29, 0.717) is 12.5 Å². The molecule has 18 heavy (non-hydrogen) atoms. The van der Waals surface area contributed by atoms with Crippen molar-refractivity contribution in [3.63, 3.8) is 0 Å². The van der Waals surface area contributed by atoms with Crippen molar-refractivity contribution in [1.29, 1.82) is 0 Å². The highest BCUT2D eigenvalue weighted by atomic mass is 16.1. The van der Waals surface area contributed by atoms with Crippen LogP contribution in [-0.4, -0.2) is 47.5 Å². The highest BCUT2D eigenvalue weighted by Gasteiger charge is 2.23. The average molecular weight is 249 g/mol. The Hall–Kier alpha value is -1.69. The summed E-state index contributed by atoms with van der Waals surface area (Å²) in [5.41, 5.74) is 6.22. The topological polar surface area (TPSA) is 84.1 Å². The number of nitrogens with one attached hydrogen (secondary N) is 1. The number of nitrogens with two attached hydrogens (primary N) is 1. The number of rotatable bonds is 4. The molecule has 98 valence electrons. The molecule has 0 bridgehead atoms. The van der Waals surface area contributed by atoms with Crippen LogP contribution in [0.15, 0.2) is 12.4 Å². The molecular weight excluding hydrogens is 230 g/mol. The van der Waals surface area contributed by atoms with Gasteiger partial charge in [-0.15, -0.1) is 0 Å². The van der Waals surface area contributed by atoms with E-state index in [2.05, 4.69) is 20.2 Å². The van der Waals surface area contributed by atoms with Crippen LogP contribution >= 0.6 is 0 Å². The zero-order chi connectivity index (χ0) is 13.0. The zero-order valence-electron chi connectivity index (χ0n) is 10.6. The second kappa shape index (κ2) is 5.77. The third-order valence-electron chi connectivity index (χ3n) is 3.21. The van der Waals surface area contributed by atoms with Gasteiger partial charge < -0.3 is 11.1 Å². The van der Waals surface area contributed by atoms with Crippen LogP contribution in [0.3, 0.4) is 0 Å². The van der Waals surface area contributed by atoms with Crippen LogP contribution in [0.4, 0.5) is 5.82 Å². The van der Waals surface area contributed by atoms with Crippen LogP contribution in [0.5, 0.6) is 0 Å². The van der Waals surface area contributed by atoms with Crippen LogP contribution in [0.1, 0.15) is 24.5 Å². The van der Waals surface area contributed by atoms with Gasteiger partial charge in [-0.3, -0.25) is 14.7 Å². The summed E-state index contributed by atoms with van der Waals surface area (Å²) in [5.74, 6) is 0.837. The summed E-state index contributed by atoms with van der Waals surface area (Å²) >= 11 is 0. The van der Waals surface area contributed by atoms with E-state index in [1.807, 2.05) is 7.05 Å². The Morgan fingerprint density at radius 3 is 3.17 bits per heavy atom. The Bertz CT molecular complexity index is 423. The van der Waals surface area contributed by atoms with E-state index in [9.17, 15) is 4.79 Å². The number of primary amides is 1. The Morgan fingerprint density at radius 1 is 1.61 bits per heavy atom. The molecule has 0 radical (unpaired) electrons. The molecule has 0 saturated carbocycles. The number of carbonyl (C=O) groups excluding carboxylic acids is 1. The minimum Gasteiger partial charge on any atom is -0.372 e. The third-order valence-corrected chi connectivity index (χ3v) is 3.21. The van der Waals surface area contributed by atoms with Crippen molar-refractivity contribution in [2.75, 3.05) is 32.0 Å². The molecular formula is C12H19N5O. The highest BCUT2D eigenvalue weighted by molar-refractivity contribution is 5.75. The van der Waals surface area contributed by atoms with Crippen LogP contribution in [0, 0.1) is 0 Å². The lowest BCUT2D eigenvalue weighted by Gasteiger charge is -2.31. The standard InChI is InChI=1S/C12H19N5O/c1-14-12-6-15-5-10(16-12)9-3-2-4-17(7-9)8-11(13)18/h5-6,9H,2-4,7-8H2,1H3,(H2,13,18)(H,14,16)/t9-/m1/s1. The molecule has 1 atom stereocenters. The van der Waals surface area contributed by atoms with E-state index in [-0.39, 0.29) is 5.91 Å². The SMILES string of the molecule is CNc1cncc([C@@H]2CCCN(CC(N)=O)C2)n1. The van der Waals surface area contributed by atoms with Crippen molar-refractivity contribution in [2.24, 2.45) is 5.73 Å². The lowest BCUT2D eigenvalue weighted by molar-refractivity contribution is -0.119. The molecule has 0 spiro atoms. The van der Waals surface area contributed by atoms with Gasteiger partial charge in [0, 0.05) is 25.7 Å². The fraction of sp³-hybridized carbons (Fsp3) is 0.583. The second-order valence-corrected chi connectivity index (χ2v) is 4.62. The third kappa shape index (κ3) is 3.16. The molecule has 3 N–H and O–H groups in total. The van der Waals surface area contributed by atoms with Crippen molar-refractivity contribution >= 4 is 11.7 Å². The summed E-state index contributed by atoms with van der Waals surface area (Å²) in [5, 5.41) is 2.99. The monoisotopic (exact) mass is 249 g/mol. The van der Waals surface area contributed by atoms with E-state index >= 15 is 0 Å². The number of hydrogen-bond donors (Lipinski definition) is 2. The molecule has 1 amide bonds. The van der Waals surface area contributed by atoms with Gasteiger partial charge in [0.25, 0.3) is 0 Å². The number of carbonyl (C=O) groups is 1. The minimum absolute atomic E-state index is 0.272. The first-order valence-corrected chi connectivity index (χ1v) is 6.19. The van der Waals surface area contributed by atoms with E-state index in [1.54, 1.807) is 12.4 Å². The van der Waals surface area contributed by atoms with Crippen LogP contribution in [-0.2, 0) is 4.79 Å². The Kier molecular flexibility index (Phi) is 4.09. The molecule has 1 fully saturated rings. The smallest absolute Gasteiger partial charge is 0.231 e. The second-order valence-electron chi connectivity index (χ2n) is 4.62. The number of likely N-dealkylation sites (tertiary alicyclic amines) is 1. The maximum absolute atomic E-state index is 11.0. The minimum atomic E-state index is -0.272. The zero-order valence-corrected chi connectivity index (χ0v) is 10.6. The Balaban J connectivity index is 2.05. The van der Waals surface area contributed by atoms with Gasteiger partial charge >= 0.3 is 0 Å². The van der Waals surface area contributed by atoms with Crippen LogP contribution in [0.2, 0.25) is 0 Å². The number of hydrogen-bond acceptors (Lipinski definition) is 5. The van der Waals surface area contributed by atoms with Crippen molar-refractivity contribution in [3.05, 3.63) is 18.1 Å². The van der Waals surface area contributed by atoms with Gasteiger partial charge in [0.05, 0.1) is 18.4 Å². The number of anilines is 1. The number of nitrogens with zero attached hydrogens (tertiary/aromatic N) is 3. The molecule has 1 aromatic heterocycles. The molecule has 0 aliphatic carbocycles. The summed E-state index contributed by atoms with van der Waals surface area (Å²) in [6.07, 6.45) is 5.65. The van der Waals surface area contributed by atoms with E-state index in [1.165, 1.54) is 0 Å². The molecule has 1 aliphatic rings. The first-order chi connectivity index (χ1) is 8.69. The van der Waals surface area contributed by atoms with Crippen molar-refractivity contribution in [3.8, 4) is 0 Å². The molecule has 1 saturated heterocycles. The van der Waals surface area contributed by atoms with Gasteiger partial charge in [0.1, 0.15) is 5.82 Å². The van der Waals surface area contributed by atoms with Gasteiger partial charge in [-0.25, -0.2) is 4.98 Å². The lowest BCUT2D eigenvalue weighted by atomic mass is 9.95. The van der Waals surface area contributed by atoms with Gasteiger partial charge in [0.15, 0.2) is 0 Å². The van der Waals surface area contributed by atoms with Crippen molar-refractivity contribution in [2.45, 2.75) is 18.8 Å². The maximum Gasteiger partial charge on any atom is 0.231 e. The highest BCUT2D eigenvalue weighted by Crippen LogP contribution is 2.25. The predicted octanol–water partition coefficient (Wildman–Crippen LogP) is 0.183. The summed E-state index contributed by atoms with van der Waals surface area (Å²) in [6.45, 7) is 2.08. The molecule has 2 heterocycles. The molecule has 1 aromatic rings. The van der Waals surface area contributed by atoms with Gasteiger partial charge in [-0.1, -0.05) is 0 Å². The van der Waals surface area contributed by atoms with Crippen LogP contribution in [0.25, 0.3) is 0 Å². The fourth-order valence-electron chi connectivity index (χ4n) is 2.36. The van der Waals surface area contributed by atoms with E-state index in [0.717, 1.165) is 37.4 Å². The molecule has 6 heteroatoms. The van der Waals surface area contributed by atoms with Crippen molar-refractivity contribution in [1.82, 2.24) is 14.9 Å². The summed E-state index contributed by atoms with van der Waals surface area (Å²) < 4.78 is 0. The lowest BCUT2D eigenvalue weighted by Crippen LogP contribution is -2.40. The van der Waals surface area contributed by atoms with Gasteiger partial charge in [-0.05, 0) is 19.4 Å². The summed E-state index contributed by atoms with van der Waals surface area (Å²) in [6, 6.07) is 0. The molecule has 0 unspecified atom stereocenters. The summed E-state index contributed by atoms with van der Waals surface area (Å²) in [7, 11) is 1.83. The molecule has 6 nitrogen and oxygen atoms in total.